The zero-order chi connectivity index (χ0) is 19.4. The van der Waals surface area contributed by atoms with Gasteiger partial charge in [0.15, 0.2) is 0 Å². The number of ether oxygens (including phenoxy) is 2. The first-order chi connectivity index (χ1) is 13.0. The van der Waals surface area contributed by atoms with Crippen molar-refractivity contribution in [3.05, 3.63) is 29.8 Å². The number of hydrogen-bond acceptors (Lipinski definition) is 4. The van der Waals surface area contributed by atoms with Crippen LogP contribution in [0.25, 0.3) is 0 Å². The van der Waals surface area contributed by atoms with Gasteiger partial charge in [-0.3, -0.25) is 9.59 Å². The lowest BCUT2D eigenvalue weighted by atomic mass is 9.73. The van der Waals surface area contributed by atoms with Crippen molar-refractivity contribution in [3.63, 3.8) is 0 Å². The first kappa shape index (κ1) is 19.7. The van der Waals surface area contributed by atoms with Gasteiger partial charge in [-0.25, -0.2) is 0 Å². The van der Waals surface area contributed by atoms with Gasteiger partial charge < -0.3 is 19.3 Å². The van der Waals surface area contributed by atoms with E-state index in [0.717, 1.165) is 43.8 Å². The molecule has 2 atom stereocenters. The van der Waals surface area contributed by atoms with Crippen LogP contribution in [0.5, 0.6) is 5.75 Å². The summed E-state index contributed by atoms with van der Waals surface area (Å²) in [7, 11) is 3.36. The molecule has 1 aromatic rings. The Morgan fingerprint density at radius 3 is 2.48 bits per heavy atom. The zero-order valence-corrected chi connectivity index (χ0v) is 16.6. The highest BCUT2D eigenvalue weighted by Gasteiger charge is 2.50. The Hall–Kier alpha value is -2.08. The third kappa shape index (κ3) is 4.26. The average molecular weight is 374 g/mol. The molecule has 0 aromatic heterocycles. The number of amides is 2. The van der Waals surface area contributed by atoms with Gasteiger partial charge in [0.25, 0.3) is 0 Å². The second kappa shape index (κ2) is 8.30. The number of piperidine rings is 1. The van der Waals surface area contributed by atoms with Gasteiger partial charge in [-0.2, -0.15) is 0 Å². The highest BCUT2D eigenvalue weighted by Crippen LogP contribution is 2.43. The Kier molecular flexibility index (Phi) is 6.05. The van der Waals surface area contributed by atoms with Gasteiger partial charge in [-0.15, -0.1) is 0 Å². The number of methoxy groups -OCH3 is 2. The van der Waals surface area contributed by atoms with Crippen molar-refractivity contribution in [1.29, 1.82) is 0 Å². The number of benzene rings is 1. The molecule has 2 aliphatic rings. The Balaban J connectivity index is 1.58. The molecule has 2 saturated heterocycles. The molecule has 2 aliphatic heterocycles. The molecule has 0 bridgehead atoms. The van der Waals surface area contributed by atoms with E-state index in [2.05, 4.69) is 0 Å². The molecule has 0 saturated carbocycles. The molecule has 2 amide bonds. The number of likely N-dealkylation sites (tertiary alicyclic amines) is 2. The standard InChI is InChI=1S/C21H30N2O4/c1-16(24)23-13-18-12-22(11-10-21(18,14-23)15-26-2)20(25)9-6-17-4-7-19(27-3)8-5-17/h4-5,7-8,18H,6,9-15H2,1-3H3. The Labute approximate surface area is 161 Å². The quantitative estimate of drug-likeness (QED) is 0.764. The van der Waals surface area contributed by atoms with Crippen molar-refractivity contribution in [3.8, 4) is 5.75 Å². The minimum absolute atomic E-state index is 0.00676. The number of carbonyl (C=O) groups is 2. The van der Waals surface area contributed by atoms with Crippen LogP contribution < -0.4 is 4.74 Å². The zero-order valence-electron chi connectivity index (χ0n) is 16.6. The van der Waals surface area contributed by atoms with E-state index in [1.54, 1.807) is 21.1 Å². The molecule has 6 nitrogen and oxygen atoms in total. The highest BCUT2D eigenvalue weighted by atomic mass is 16.5. The summed E-state index contributed by atoms with van der Waals surface area (Å²) in [6.07, 6.45) is 2.13. The maximum absolute atomic E-state index is 12.8. The van der Waals surface area contributed by atoms with Gasteiger partial charge in [0, 0.05) is 58.0 Å². The predicted molar refractivity (Wildman–Crippen MR) is 103 cm³/mol. The van der Waals surface area contributed by atoms with Crippen molar-refractivity contribution in [1.82, 2.24) is 9.80 Å². The lowest BCUT2D eigenvalue weighted by Crippen LogP contribution is -2.50. The van der Waals surface area contributed by atoms with Crippen molar-refractivity contribution in [2.24, 2.45) is 11.3 Å². The average Bonchev–Trinajstić information content (AvgIpc) is 3.05. The normalized spacial score (nSPS) is 24.6. The molecule has 0 radical (unpaired) electrons. The minimum atomic E-state index is -0.00676. The second-order valence-corrected chi connectivity index (χ2v) is 7.83. The lowest BCUT2D eigenvalue weighted by molar-refractivity contribution is -0.135. The molecule has 1 aromatic carbocycles. The first-order valence-electron chi connectivity index (χ1n) is 9.62. The fourth-order valence-corrected chi connectivity index (χ4v) is 4.47. The smallest absolute Gasteiger partial charge is 0.222 e. The maximum Gasteiger partial charge on any atom is 0.222 e. The summed E-state index contributed by atoms with van der Waals surface area (Å²) < 4.78 is 10.7. The maximum atomic E-state index is 12.8. The van der Waals surface area contributed by atoms with Crippen molar-refractivity contribution >= 4 is 11.8 Å². The van der Waals surface area contributed by atoms with Gasteiger partial charge in [0.2, 0.25) is 11.8 Å². The number of hydrogen-bond donors (Lipinski definition) is 0. The lowest BCUT2D eigenvalue weighted by Gasteiger charge is -2.43. The Bertz CT molecular complexity index is 675. The fourth-order valence-electron chi connectivity index (χ4n) is 4.47. The third-order valence-electron chi connectivity index (χ3n) is 6.15. The molecular formula is C21H30N2O4. The van der Waals surface area contributed by atoms with E-state index in [1.807, 2.05) is 34.1 Å². The van der Waals surface area contributed by atoms with Gasteiger partial charge in [0.1, 0.15) is 5.75 Å². The number of carbonyl (C=O) groups excluding carboxylic acids is 2. The van der Waals surface area contributed by atoms with Crippen LogP contribution in [0.15, 0.2) is 24.3 Å². The minimum Gasteiger partial charge on any atom is -0.497 e. The number of rotatable bonds is 6. The summed E-state index contributed by atoms with van der Waals surface area (Å²) in [5, 5.41) is 0. The number of fused-ring (bicyclic) bond motifs is 1. The molecule has 3 rings (SSSR count). The van der Waals surface area contributed by atoms with E-state index in [0.29, 0.717) is 25.5 Å². The van der Waals surface area contributed by atoms with E-state index in [1.165, 1.54) is 0 Å². The second-order valence-electron chi connectivity index (χ2n) is 7.83. The molecule has 0 aliphatic carbocycles. The molecule has 2 unspecified atom stereocenters. The van der Waals surface area contributed by atoms with Crippen LogP contribution in [0.2, 0.25) is 0 Å². The van der Waals surface area contributed by atoms with E-state index in [4.69, 9.17) is 9.47 Å². The molecule has 6 heteroatoms. The first-order valence-corrected chi connectivity index (χ1v) is 9.62. The van der Waals surface area contributed by atoms with Gasteiger partial charge in [-0.1, -0.05) is 12.1 Å². The molecule has 27 heavy (non-hydrogen) atoms. The van der Waals surface area contributed by atoms with Crippen LogP contribution >= 0.6 is 0 Å². The number of aryl methyl sites for hydroxylation is 1. The highest BCUT2D eigenvalue weighted by molar-refractivity contribution is 5.77. The summed E-state index contributed by atoms with van der Waals surface area (Å²) in [5.74, 6) is 1.42. The van der Waals surface area contributed by atoms with Crippen LogP contribution in [-0.2, 0) is 20.7 Å². The Morgan fingerprint density at radius 2 is 1.85 bits per heavy atom. The van der Waals surface area contributed by atoms with Crippen molar-refractivity contribution < 1.29 is 19.1 Å². The van der Waals surface area contributed by atoms with Crippen molar-refractivity contribution in [2.45, 2.75) is 26.2 Å². The summed E-state index contributed by atoms with van der Waals surface area (Å²) in [6, 6.07) is 7.87. The summed E-state index contributed by atoms with van der Waals surface area (Å²) in [5.41, 5.74) is 1.13. The van der Waals surface area contributed by atoms with E-state index in [-0.39, 0.29) is 17.2 Å². The Morgan fingerprint density at radius 1 is 1.15 bits per heavy atom. The molecule has 2 heterocycles. The van der Waals surface area contributed by atoms with Crippen LogP contribution in [0.1, 0.15) is 25.3 Å². The topological polar surface area (TPSA) is 59.1 Å². The van der Waals surface area contributed by atoms with Gasteiger partial charge >= 0.3 is 0 Å². The van der Waals surface area contributed by atoms with Crippen LogP contribution in [0, 0.1) is 11.3 Å². The monoisotopic (exact) mass is 374 g/mol. The summed E-state index contributed by atoms with van der Waals surface area (Å²) >= 11 is 0. The number of nitrogens with zero attached hydrogens (tertiary/aromatic N) is 2. The van der Waals surface area contributed by atoms with Crippen LogP contribution in [0.4, 0.5) is 0 Å². The van der Waals surface area contributed by atoms with Gasteiger partial charge in [0.05, 0.1) is 13.7 Å². The third-order valence-corrected chi connectivity index (χ3v) is 6.15. The van der Waals surface area contributed by atoms with E-state index < -0.39 is 0 Å². The molecule has 0 N–H and O–H groups in total. The molecule has 148 valence electrons. The largest absolute Gasteiger partial charge is 0.497 e. The summed E-state index contributed by atoms with van der Waals surface area (Å²) in [4.78, 5) is 28.5. The summed E-state index contributed by atoms with van der Waals surface area (Å²) in [6.45, 7) is 5.20. The fraction of sp³-hybridized carbons (Fsp3) is 0.619. The van der Waals surface area contributed by atoms with E-state index in [9.17, 15) is 9.59 Å². The van der Waals surface area contributed by atoms with Crippen molar-refractivity contribution in [2.75, 3.05) is 47.0 Å². The van der Waals surface area contributed by atoms with Gasteiger partial charge in [-0.05, 0) is 30.5 Å². The van der Waals surface area contributed by atoms with Crippen LogP contribution in [-0.4, -0.2) is 68.6 Å². The molecular weight excluding hydrogens is 344 g/mol. The SMILES string of the molecule is COCC12CCN(C(=O)CCc3ccc(OC)cc3)CC1CN(C(C)=O)C2. The van der Waals surface area contributed by atoms with Crippen LogP contribution in [0.3, 0.4) is 0 Å². The molecule has 0 spiro atoms. The molecule has 2 fully saturated rings. The predicted octanol–water partition coefficient (Wildman–Crippen LogP) is 1.97. The van der Waals surface area contributed by atoms with E-state index >= 15 is 0 Å².